The van der Waals surface area contributed by atoms with E-state index in [9.17, 15) is 4.79 Å². The summed E-state index contributed by atoms with van der Waals surface area (Å²) in [6.07, 6.45) is 2.79. The molecule has 0 saturated carbocycles. The van der Waals surface area contributed by atoms with Crippen molar-refractivity contribution < 1.29 is 4.79 Å². The molecule has 0 unspecified atom stereocenters. The summed E-state index contributed by atoms with van der Waals surface area (Å²) in [7, 11) is 0. The summed E-state index contributed by atoms with van der Waals surface area (Å²) in [4.78, 5) is 15.3. The number of carbonyl (C=O) groups is 1. The quantitative estimate of drug-likeness (QED) is 0.635. The maximum absolute atomic E-state index is 12.9. The highest BCUT2D eigenvalue weighted by Gasteiger charge is 2.26. The second-order valence-corrected chi connectivity index (χ2v) is 8.91. The van der Waals surface area contributed by atoms with Gasteiger partial charge in [0.1, 0.15) is 0 Å². The van der Waals surface area contributed by atoms with Crippen molar-refractivity contribution in [1.82, 2.24) is 10.2 Å². The lowest BCUT2D eigenvalue weighted by molar-refractivity contribution is -0.127. The number of likely N-dealkylation sites (tertiary alicyclic amines) is 1. The van der Waals surface area contributed by atoms with Crippen LogP contribution < -0.4 is 5.32 Å². The van der Waals surface area contributed by atoms with Gasteiger partial charge in [-0.25, -0.2) is 0 Å². The van der Waals surface area contributed by atoms with Gasteiger partial charge in [0, 0.05) is 16.9 Å². The van der Waals surface area contributed by atoms with E-state index in [0.29, 0.717) is 0 Å². The molecule has 1 amide bonds. The van der Waals surface area contributed by atoms with Crippen LogP contribution in [0.3, 0.4) is 0 Å². The summed E-state index contributed by atoms with van der Waals surface area (Å²) in [5.41, 5.74) is 5.12. The van der Waals surface area contributed by atoms with Crippen molar-refractivity contribution in [1.29, 1.82) is 0 Å². The van der Waals surface area contributed by atoms with Gasteiger partial charge < -0.3 is 5.32 Å². The maximum Gasteiger partial charge on any atom is 0.223 e. The van der Waals surface area contributed by atoms with Crippen LogP contribution in [0, 0.1) is 19.8 Å². The van der Waals surface area contributed by atoms with E-state index < -0.39 is 0 Å². The molecule has 0 radical (unpaired) electrons. The van der Waals surface area contributed by atoms with Crippen LogP contribution in [0.25, 0.3) is 0 Å². The minimum atomic E-state index is 0.104. The number of carbonyl (C=O) groups excluding carboxylic acids is 1. The van der Waals surface area contributed by atoms with Crippen molar-refractivity contribution in [3.8, 4) is 0 Å². The summed E-state index contributed by atoms with van der Waals surface area (Å²) < 4.78 is 1.11. The standard InChI is InChI=1S/C24H31BrN2O/c1-4-23(21-8-5-17(2)18(3)15-21)26-24(28)20-11-13-27(14-12-20)16-19-6-9-22(25)10-7-19/h5-10,15,20,23H,4,11-14,16H2,1-3H3,(H,26,28)/t23-/m1/s1. The Bertz CT molecular complexity index is 795. The molecule has 0 bridgehead atoms. The van der Waals surface area contributed by atoms with Gasteiger partial charge in [0.2, 0.25) is 5.91 Å². The predicted molar refractivity (Wildman–Crippen MR) is 119 cm³/mol. The third-order valence-corrected chi connectivity index (χ3v) is 6.46. The highest BCUT2D eigenvalue weighted by molar-refractivity contribution is 9.10. The first-order valence-electron chi connectivity index (χ1n) is 10.3. The summed E-state index contributed by atoms with van der Waals surface area (Å²) in [5, 5.41) is 3.31. The van der Waals surface area contributed by atoms with Gasteiger partial charge in [-0.2, -0.15) is 0 Å². The number of halogens is 1. The molecule has 1 N–H and O–H groups in total. The number of hydrogen-bond donors (Lipinski definition) is 1. The lowest BCUT2D eigenvalue weighted by Gasteiger charge is -2.32. The Hall–Kier alpha value is -1.65. The number of benzene rings is 2. The smallest absolute Gasteiger partial charge is 0.223 e. The van der Waals surface area contributed by atoms with Gasteiger partial charge in [-0.3, -0.25) is 9.69 Å². The van der Waals surface area contributed by atoms with Gasteiger partial charge in [-0.15, -0.1) is 0 Å². The largest absolute Gasteiger partial charge is 0.349 e. The van der Waals surface area contributed by atoms with E-state index in [-0.39, 0.29) is 17.9 Å². The zero-order chi connectivity index (χ0) is 20.1. The lowest BCUT2D eigenvalue weighted by atomic mass is 9.94. The van der Waals surface area contributed by atoms with Crippen LogP contribution in [0.5, 0.6) is 0 Å². The van der Waals surface area contributed by atoms with Gasteiger partial charge in [-0.1, -0.05) is 53.2 Å². The van der Waals surface area contributed by atoms with E-state index in [1.165, 1.54) is 22.3 Å². The van der Waals surface area contributed by atoms with Crippen LogP contribution in [0.2, 0.25) is 0 Å². The van der Waals surface area contributed by atoms with E-state index in [0.717, 1.165) is 43.4 Å². The van der Waals surface area contributed by atoms with Gasteiger partial charge in [0.05, 0.1) is 6.04 Å². The summed E-state index contributed by atoms with van der Waals surface area (Å²) >= 11 is 3.49. The average molecular weight is 443 g/mol. The minimum absolute atomic E-state index is 0.104. The Morgan fingerprint density at radius 1 is 1.11 bits per heavy atom. The van der Waals surface area contributed by atoms with Gasteiger partial charge >= 0.3 is 0 Å². The fourth-order valence-electron chi connectivity index (χ4n) is 3.89. The molecular formula is C24H31BrN2O. The van der Waals surface area contributed by atoms with Crippen molar-refractivity contribution >= 4 is 21.8 Å². The third-order valence-electron chi connectivity index (χ3n) is 5.94. The first-order valence-corrected chi connectivity index (χ1v) is 11.1. The van der Waals surface area contributed by atoms with E-state index >= 15 is 0 Å². The summed E-state index contributed by atoms with van der Waals surface area (Å²) in [6, 6.07) is 15.1. The monoisotopic (exact) mass is 442 g/mol. The highest BCUT2D eigenvalue weighted by Crippen LogP contribution is 2.24. The molecule has 28 heavy (non-hydrogen) atoms. The molecule has 1 aliphatic heterocycles. The molecule has 3 nitrogen and oxygen atoms in total. The van der Waals surface area contributed by atoms with Crippen LogP contribution >= 0.6 is 15.9 Å². The van der Waals surface area contributed by atoms with Crippen molar-refractivity contribution in [2.24, 2.45) is 5.92 Å². The second kappa shape index (κ2) is 9.71. The summed E-state index contributed by atoms with van der Waals surface area (Å²) in [6.45, 7) is 9.32. The Kier molecular flexibility index (Phi) is 7.30. The molecule has 1 atom stereocenters. The SMILES string of the molecule is CC[C@@H](NC(=O)C1CCN(Cc2ccc(Br)cc2)CC1)c1ccc(C)c(C)c1. The molecule has 4 heteroatoms. The van der Waals surface area contributed by atoms with Gasteiger partial charge in [-0.05, 0) is 80.6 Å². The van der Waals surface area contributed by atoms with E-state index in [1.807, 2.05) is 0 Å². The fraction of sp³-hybridized carbons (Fsp3) is 0.458. The molecule has 1 saturated heterocycles. The topological polar surface area (TPSA) is 32.3 Å². The first-order chi connectivity index (χ1) is 13.5. The maximum atomic E-state index is 12.9. The molecule has 0 aromatic heterocycles. The Morgan fingerprint density at radius 3 is 2.39 bits per heavy atom. The Balaban J connectivity index is 1.52. The van der Waals surface area contributed by atoms with Crippen molar-refractivity contribution in [2.75, 3.05) is 13.1 Å². The number of nitrogens with zero attached hydrogens (tertiary/aromatic N) is 1. The fourth-order valence-corrected chi connectivity index (χ4v) is 4.16. The van der Waals surface area contributed by atoms with Crippen molar-refractivity contribution in [3.05, 3.63) is 69.2 Å². The highest BCUT2D eigenvalue weighted by atomic mass is 79.9. The van der Waals surface area contributed by atoms with Crippen LogP contribution in [0.4, 0.5) is 0 Å². The number of piperidine rings is 1. The van der Waals surface area contributed by atoms with Gasteiger partial charge in [0.15, 0.2) is 0 Å². The van der Waals surface area contributed by atoms with E-state index in [1.54, 1.807) is 0 Å². The van der Waals surface area contributed by atoms with Crippen LogP contribution in [-0.4, -0.2) is 23.9 Å². The number of hydrogen-bond acceptors (Lipinski definition) is 2. The predicted octanol–water partition coefficient (Wildman–Crippen LogP) is 5.55. The molecule has 2 aromatic rings. The molecule has 1 aliphatic rings. The number of nitrogens with one attached hydrogen (secondary N) is 1. The Morgan fingerprint density at radius 2 is 1.79 bits per heavy atom. The molecule has 1 fully saturated rings. The summed E-state index contributed by atoms with van der Waals surface area (Å²) in [5.74, 6) is 0.343. The van der Waals surface area contributed by atoms with Crippen molar-refractivity contribution in [2.45, 2.75) is 52.6 Å². The average Bonchev–Trinajstić information content (AvgIpc) is 2.70. The third kappa shape index (κ3) is 5.45. The lowest BCUT2D eigenvalue weighted by Crippen LogP contribution is -2.41. The zero-order valence-electron chi connectivity index (χ0n) is 17.2. The zero-order valence-corrected chi connectivity index (χ0v) is 18.8. The molecule has 3 rings (SSSR count). The van der Waals surface area contributed by atoms with Crippen LogP contribution in [0.15, 0.2) is 46.9 Å². The molecule has 0 spiro atoms. The molecule has 1 heterocycles. The molecule has 0 aliphatic carbocycles. The van der Waals surface area contributed by atoms with Crippen LogP contribution in [0.1, 0.15) is 54.5 Å². The molecular weight excluding hydrogens is 412 g/mol. The number of rotatable bonds is 6. The number of amides is 1. The second-order valence-electron chi connectivity index (χ2n) is 7.99. The molecule has 150 valence electrons. The number of aryl methyl sites for hydroxylation is 2. The normalized spacial score (nSPS) is 16.7. The van der Waals surface area contributed by atoms with E-state index in [4.69, 9.17) is 0 Å². The van der Waals surface area contributed by atoms with Gasteiger partial charge in [0.25, 0.3) is 0 Å². The van der Waals surface area contributed by atoms with Crippen molar-refractivity contribution in [3.63, 3.8) is 0 Å². The minimum Gasteiger partial charge on any atom is -0.349 e. The molecule has 2 aromatic carbocycles. The Labute approximate surface area is 177 Å². The van der Waals surface area contributed by atoms with E-state index in [2.05, 4.69) is 89.4 Å². The first kappa shape index (κ1) is 21.1. The van der Waals surface area contributed by atoms with Crippen LogP contribution in [-0.2, 0) is 11.3 Å².